The molecule has 2 heteroatoms. The number of benzene rings is 1. The molecule has 1 rings (SSSR count). The molecule has 0 aliphatic rings. The Morgan fingerprint density at radius 2 is 2.00 bits per heavy atom. The lowest BCUT2D eigenvalue weighted by Gasteiger charge is -2.05. The maximum Gasteiger partial charge on any atom is 0.167 e. The first-order valence-corrected chi connectivity index (χ1v) is 8.36. The van der Waals surface area contributed by atoms with Crippen molar-refractivity contribution < 1.29 is 9.18 Å². The van der Waals surface area contributed by atoms with E-state index in [9.17, 15) is 9.18 Å². The number of aryl methyl sites for hydroxylation is 1. The fourth-order valence-electron chi connectivity index (χ4n) is 2.14. The number of hydrogen-bond acceptors (Lipinski definition) is 1. The van der Waals surface area contributed by atoms with Crippen molar-refractivity contribution >= 4 is 5.78 Å². The number of carbonyl (C=O) groups is 1. The number of halogens is 1. The number of rotatable bonds is 8. The predicted molar refractivity (Wildman–Crippen MR) is 98.5 cm³/mol. The second-order valence-corrected chi connectivity index (χ2v) is 5.07. The average molecular weight is 316 g/mol. The number of unbranched alkanes of at least 4 members (excludes halogenated alkanes) is 1. The highest BCUT2D eigenvalue weighted by Crippen LogP contribution is 2.15. The van der Waals surface area contributed by atoms with Crippen LogP contribution in [0.3, 0.4) is 0 Å². The van der Waals surface area contributed by atoms with E-state index in [1.807, 2.05) is 45.0 Å². The molecule has 126 valence electrons. The van der Waals surface area contributed by atoms with Gasteiger partial charge in [-0.05, 0) is 43.0 Å². The Morgan fingerprint density at radius 1 is 1.30 bits per heavy atom. The van der Waals surface area contributed by atoms with Crippen LogP contribution < -0.4 is 0 Å². The van der Waals surface area contributed by atoms with Crippen LogP contribution in [0.4, 0.5) is 4.39 Å². The Kier molecular flexibility index (Phi) is 11.5. The number of ketones is 1. The molecule has 0 aromatic heterocycles. The minimum Gasteiger partial charge on any atom is -0.294 e. The van der Waals surface area contributed by atoms with Crippen LogP contribution >= 0.6 is 0 Å². The van der Waals surface area contributed by atoms with Crippen LogP contribution in [0, 0.1) is 0 Å². The van der Waals surface area contributed by atoms with E-state index in [4.69, 9.17) is 0 Å². The quantitative estimate of drug-likeness (QED) is 0.389. The molecule has 23 heavy (non-hydrogen) atoms. The van der Waals surface area contributed by atoms with Crippen LogP contribution in [0.25, 0.3) is 0 Å². The highest BCUT2D eigenvalue weighted by molar-refractivity contribution is 5.98. The summed E-state index contributed by atoms with van der Waals surface area (Å²) in [5, 5.41) is 0. The van der Waals surface area contributed by atoms with Gasteiger partial charge in [-0.2, -0.15) is 0 Å². The third-order valence-electron chi connectivity index (χ3n) is 3.16. The fourth-order valence-corrected chi connectivity index (χ4v) is 2.14. The topological polar surface area (TPSA) is 17.1 Å². The van der Waals surface area contributed by atoms with Crippen molar-refractivity contribution in [3.63, 3.8) is 0 Å². The number of allylic oxidation sites excluding steroid dienone is 5. The maximum absolute atomic E-state index is 12.9. The van der Waals surface area contributed by atoms with Crippen molar-refractivity contribution in [3.05, 3.63) is 71.6 Å². The molecule has 0 aliphatic carbocycles. The molecule has 0 saturated carbocycles. The summed E-state index contributed by atoms with van der Waals surface area (Å²) in [4.78, 5) is 12.3. The van der Waals surface area contributed by atoms with Gasteiger partial charge in [0.1, 0.15) is 5.83 Å². The van der Waals surface area contributed by atoms with Gasteiger partial charge in [-0.15, -0.1) is 0 Å². The summed E-state index contributed by atoms with van der Waals surface area (Å²) in [6.45, 7) is 11.2. The van der Waals surface area contributed by atoms with E-state index in [-0.39, 0.29) is 12.2 Å². The second-order valence-electron chi connectivity index (χ2n) is 5.07. The third-order valence-corrected chi connectivity index (χ3v) is 3.16. The zero-order chi connectivity index (χ0) is 17.7. The lowest BCUT2D eigenvalue weighted by atomic mass is 9.99. The minimum atomic E-state index is -0.535. The van der Waals surface area contributed by atoms with Crippen molar-refractivity contribution in [1.29, 1.82) is 0 Å². The zero-order valence-electron chi connectivity index (χ0n) is 14.9. The van der Waals surface area contributed by atoms with Crippen LogP contribution in [0.2, 0.25) is 0 Å². The van der Waals surface area contributed by atoms with Crippen molar-refractivity contribution in [2.45, 2.75) is 53.4 Å². The zero-order valence-corrected chi connectivity index (χ0v) is 14.9. The molecule has 0 atom stereocenters. The summed E-state index contributed by atoms with van der Waals surface area (Å²) in [7, 11) is 0. The lowest BCUT2D eigenvalue weighted by Crippen LogP contribution is -2.01. The molecule has 0 spiro atoms. The standard InChI is InChI=1S/C19H23FO.C2H6/c1-4-6-9-16-10-7-11-18(13-16)19(21)14-17(8-5-2)12-15(3)20;1-2/h5,7-8,10-13H,3-4,6,9,14H2,1-2H3;1-2H3/b8-5-,17-12+;. The van der Waals surface area contributed by atoms with Gasteiger partial charge in [0.2, 0.25) is 0 Å². The van der Waals surface area contributed by atoms with Gasteiger partial charge in [-0.3, -0.25) is 4.79 Å². The molecule has 0 bridgehead atoms. The first kappa shape index (κ1) is 21.0. The molecule has 1 aromatic rings. The van der Waals surface area contributed by atoms with E-state index in [0.29, 0.717) is 11.1 Å². The first-order valence-electron chi connectivity index (χ1n) is 8.36. The highest BCUT2D eigenvalue weighted by atomic mass is 19.1. The number of carbonyl (C=O) groups excluding carboxylic acids is 1. The summed E-state index contributed by atoms with van der Waals surface area (Å²) < 4.78 is 12.9. The highest BCUT2D eigenvalue weighted by Gasteiger charge is 2.08. The molecule has 0 amide bonds. The summed E-state index contributed by atoms with van der Waals surface area (Å²) in [6.07, 6.45) is 8.25. The Balaban J connectivity index is 0.00000232. The van der Waals surface area contributed by atoms with Crippen molar-refractivity contribution in [2.24, 2.45) is 0 Å². The van der Waals surface area contributed by atoms with Crippen molar-refractivity contribution in [3.8, 4) is 0 Å². The third kappa shape index (κ3) is 8.92. The van der Waals surface area contributed by atoms with Crippen LogP contribution in [-0.4, -0.2) is 5.78 Å². The SMILES string of the molecule is C=C(F)/C=C(\C=C/C)CC(=O)c1cccc(CCCC)c1.CC. The van der Waals surface area contributed by atoms with E-state index in [1.165, 1.54) is 11.6 Å². The van der Waals surface area contributed by atoms with E-state index in [2.05, 4.69) is 13.5 Å². The normalized spacial score (nSPS) is 11.1. The van der Waals surface area contributed by atoms with Gasteiger partial charge in [-0.1, -0.05) is 64.1 Å². The van der Waals surface area contributed by atoms with E-state index in [1.54, 1.807) is 12.2 Å². The number of Topliss-reactive ketones (excluding diaryl/α,β-unsaturated/α-hetero) is 1. The monoisotopic (exact) mass is 316 g/mol. The minimum absolute atomic E-state index is 0.000974. The van der Waals surface area contributed by atoms with E-state index < -0.39 is 5.83 Å². The van der Waals surface area contributed by atoms with Gasteiger partial charge in [0, 0.05) is 12.0 Å². The molecule has 0 N–H and O–H groups in total. The van der Waals surface area contributed by atoms with Gasteiger partial charge >= 0.3 is 0 Å². The maximum atomic E-state index is 12.9. The molecule has 0 saturated heterocycles. The molecule has 0 fully saturated rings. The largest absolute Gasteiger partial charge is 0.294 e. The van der Waals surface area contributed by atoms with Crippen LogP contribution in [0.1, 0.15) is 62.9 Å². The molecule has 1 aromatic carbocycles. The fraction of sp³-hybridized carbons (Fsp3) is 0.381. The molecule has 0 heterocycles. The van der Waals surface area contributed by atoms with Crippen molar-refractivity contribution in [1.82, 2.24) is 0 Å². The average Bonchev–Trinajstić information content (AvgIpc) is 2.54. The van der Waals surface area contributed by atoms with Gasteiger partial charge in [0.15, 0.2) is 5.78 Å². The summed E-state index contributed by atoms with van der Waals surface area (Å²) in [6, 6.07) is 7.70. The Morgan fingerprint density at radius 3 is 2.57 bits per heavy atom. The van der Waals surface area contributed by atoms with Crippen LogP contribution in [0.15, 0.2) is 60.5 Å². The smallest absolute Gasteiger partial charge is 0.167 e. The Bertz CT molecular complexity index is 553. The molecule has 1 nitrogen and oxygen atoms in total. The summed E-state index contributed by atoms with van der Waals surface area (Å²) in [5.41, 5.74) is 2.49. The van der Waals surface area contributed by atoms with Gasteiger partial charge < -0.3 is 0 Å². The Hall–Kier alpha value is -1.96. The van der Waals surface area contributed by atoms with E-state index >= 15 is 0 Å². The van der Waals surface area contributed by atoms with Crippen LogP contribution in [0.5, 0.6) is 0 Å². The van der Waals surface area contributed by atoms with Crippen molar-refractivity contribution in [2.75, 3.05) is 0 Å². The molecule has 0 unspecified atom stereocenters. The predicted octanol–water partition coefficient (Wildman–Crippen LogP) is 6.61. The summed E-state index contributed by atoms with van der Waals surface area (Å²) in [5.74, 6) is -0.536. The molecular formula is C21H29FO. The van der Waals surface area contributed by atoms with Gasteiger partial charge in [0.05, 0.1) is 0 Å². The lowest BCUT2D eigenvalue weighted by molar-refractivity contribution is 0.0993. The summed E-state index contributed by atoms with van der Waals surface area (Å²) >= 11 is 0. The Labute approximate surface area is 140 Å². The van der Waals surface area contributed by atoms with Gasteiger partial charge in [0.25, 0.3) is 0 Å². The molecule has 0 radical (unpaired) electrons. The second kappa shape index (κ2) is 12.6. The van der Waals surface area contributed by atoms with E-state index in [0.717, 1.165) is 19.3 Å². The first-order chi connectivity index (χ1) is 11.1. The van der Waals surface area contributed by atoms with Gasteiger partial charge in [-0.25, -0.2) is 4.39 Å². The molecular weight excluding hydrogens is 287 g/mol. The van der Waals surface area contributed by atoms with Crippen LogP contribution in [-0.2, 0) is 6.42 Å². The number of hydrogen-bond donors (Lipinski definition) is 0. The molecule has 0 aliphatic heterocycles.